The number of aromatic nitrogens is 1. The van der Waals surface area contributed by atoms with Crippen molar-refractivity contribution in [2.24, 2.45) is 0 Å². The Morgan fingerprint density at radius 1 is 1.19 bits per heavy atom. The number of hydrogen-bond acceptors (Lipinski definition) is 2. The summed E-state index contributed by atoms with van der Waals surface area (Å²) in [7, 11) is 0. The lowest BCUT2D eigenvalue weighted by Crippen LogP contribution is -1.99. The lowest BCUT2D eigenvalue weighted by Gasteiger charge is -2.07. The molecular formula is C15H10ClFN2O2. The van der Waals surface area contributed by atoms with E-state index in [1.165, 1.54) is 24.3 Å². The van der Waals surface area contributed by atoms with Crippen LogP contribution in [0.2, 0.25) is 5.02 Å². The minimum Gasteiger partial charge on any atom is -0.343 e. The molecule has 0 N–H and O–H groups in total. The smallest absolute Gasteiger partial charge is 0.270 e. The van der Waals surface area contributed by atoms with Gasteiger partial charge in [0.05, 0.1) is 9.95 Å². The third-order valence-electron chi connectivity index (χ3n) is 3.32. The molecule has 4 nitrogen and oxygen atoms in total. The van der Waals surface area contributed by atoms with E-state index in [9.17, 15) is 14.5 Å². The van der Waals surface area contributed by atoms with Crippen LogP contribution in [-0.4, -0.2) is 9.49 Å². The Hall–Kier alpha value is -2.40. The monoisotopic (exact) mass is 304 g/mol. The highest BCUT2D eigenvalue weighted by Crippen LogP contribution is 2.25. The van der Waals surface area contributed by atoms with Gasteiger partial charge in [-0.25, -0.2) is 4.39 Å². The summed E-state index contributed by atoms with van der Waals surface area (Å²) in [5, 5.41) is 11.8. The van der Waals surface area contributed by atoms with Gasteiger partial charge in [-0.1, -0.05) is 11.6 Å². The van der Waals surface area contributed by atoms with E-state index in [0.717, 1.165) is 16.5 Å². The van der Waals surface area contributed by atoms with Crippen molar-refractivity contribution in [1.82, 2.24) is 4.57 Å². The van der Waals surface area contributed by atoms with Crippen molar-refractivity contribution in [2.45, 2.75) is 6.54 Å². The van der Waals surface area contributed by atoms with Gasteiger partial charge in [0, 0.05) is 35.8 Å². The molecule has 0 saturated carbocycles. The van der Waals surface area contributed by atoms with Gasteiger partial charge in [0.25, 0.3) is 5.69 Å². The van der Waals surface area contributed by atoms with Gasteiger partial charge in [0.2, 0.25) is 0 Å². The van der Waals surface area contributed by atoms with E-state index < -0.39 is 4.92 Å². The second-order valence-corrected chi connectivity index (χ2v) is 5.09. The molecule has 0 radical (unpaired) electrons. The first kappa shape index (κ1) is 13.6. The fourth-order valence-corrected chi connectivity index (χ4v) is 2.50. The molecule has 2 aromatic carbocycles. The van der Waals surface area contributed by atoms with Gasteiger partial charge in [-0.05, 0) is 35.9 Å². The lowest BCUT2D eigenvalue weighted by atomic mass is 10.2. The molecule has 0 aliphatic heterocycles. The van der Waals surface area contributed by atoms with E-state index in [0.29, 0.717) is 11.6 Å². The van der Waals surface area contributed by atoms with E-state index in [1.807, 2.05) is 16.8 Å². The van der Waals surface area contributed by atoms with E-state index in [4.69, 9.17) is 11.6 Å². The van der Waals surface area contributed by atoms with Crippen molar-refractivity contribution in [1.29, 1.82) is 0 Å². The molecule has 1 aromatic heterocycles. The summed E-state index contributed by atoms with van der Waals surface area (Å²) in [6.07, 6.45) is 1.84. The van der Waals surface area contributed by atoms with Gasteiger partial charge in [-0.2, -0.15) is 0 Å². The zero-order chi connectivity index (χ0) is 15.0. The average molecular weight is 305 g/mol. The number of benzene rings is 2. The van der Waals surface area contributed by atoms with Crippen molar-refractivity contribution >= 4 is 28.2 Å². The van der Waals surface area contributed by atoms with Crippen LogP contribution in [0.15, 0.2) is 48.7 Å². The number of nitro benzene ring substituents is 1. The molecule has 0 spiro atoms. The summed E-state index contributed by atoms with van der Waals surface area (Å²) in [5.41, 5.74) is 1.61. The highest BCUT2D eigenvalue weighted by atomic mass is 35.5. The number of hydrogen-bond donors (Lipinski definition) is 0. The quantitative estimate of drug-likeness (QED) is 0.532. The molecule has 0 fully saturated rings. The molecule has 3 rings (SSSR count). The Bertz CT molecular complexity index is 845. The van der Waals surface area contributed by atoms with E-state index in [-0.39, 0.29) is 11.5 Å². The van der Waals surface area contributed by atoms with Crippen LogP contribution in [-0.2, 0) is 6.54 Å². The molecule has 0 aliphatic carbocycles. The molecule has 0 amide bonds. The zero-order valence-electron chi connectivity index (χ0n) is 10.8. The highest BCUT2D eigenvalue weighted by Gasteiger charge is 2.10. The number of nitro groups is 1. The minimum absolute atomic E-state index is 0.0387. The average Bonchev–Trinajstić information content (AvgIpc) is 2.83. The zero-order valence-corrected chi connectivity index (χ0v) is 11.5. The third kappa shape index (κ3) is 2.60. The molecule has 106 valence electrons. The first-order chi connectivity index (χ1) is 10.0. The number of fused-ring (bicyclic) bond motifs is 1. The van der Waals surface area contributed by atoms with Crippen molar-refractivity contribution < 1.29 is 9.31 Å². The fraction of sp³-hybridized carbons (Fsp3) is 0.0667. The Morgan fingerprint density at radius 2 is 2.00 bits per heavy atom. The maximum Gasteiger partial charge on any atom is 0.270 e. The standard InChI is InChI=1S/C15H10ClFN2O2/c16-14-8-13(19(20)21)3-1-11(14)9-18-6-5-10-7-12(17)2-4-15(10)18/h1-8H,9H2. The predicted octanol–water partition coefficient (Wildman–Crippen LogP) is 4.39. The van der Waals surface area contributed by atoms with Gasteiger partial charge in [0.1, 0.15) is 5.82 Å². The van der Waals surface area contributed by atoms with Crippen molar-refractivity contribution in [2.75, 3.05) is 0 Å². The summed E-state index contributed by atoms with van der Waals surface area (Å²) < 4.78 is 15.1. The Balaban J connectivity index is 1.97. The molecule has 0 saturated heterocycles. The first-order valence-corrected chi connectivity index (χ1v) is 6.59. The first-order valence-electron chi connectivity index (χ1n) is 6.22. The minimum atomic E-state index is -0.483. The second kappa shape index (κ2) is 5.18. The van der Waals surface area contributed by atoms with E-state index >= 15 is 0 Å². The highest BCUT2D eigenvalue weighted by molar-refractivity contribution is 6.31. The summed E-state index contributed by atoms with van der Waals surface area (Å²) >= 11 is 6.09. The fourth-order valence-electron chi connectivity index (χ4n) is 2.27. The number of halogens is 2. The normalized spacial score (nSPS) is 11.0. The van der Waals surface area contributed by atoms with Crippen molar-refractivity contribution in [3.63, 3.8) is 0 Å². The van der Waals surface area contributed by atoms with Crippen LogP contribution in [0.4, 0.5) is 10.1 Å². The molecule has 0 bridgehead atoms. The van der Waals surface area contributed by atoms with E-state index in [2.05, 4.69) is 0 Å². The Morgan fingerprint density at radius 3 is 2.71 bits per heavy atom. The molecular weight excluding hydrogens is 295 g/mol. The van der Waals surface area contributed by atoms with Crippen LogP contribution in [0.5, 0.6) is 0 Å². The predicted molar refractivity (Wildman–Crippen MR) is 79.1 cm³/mol. The van der Waals surface area contributed by atoms with Crippen molar-refractivity contribution in [3.8, 4) is 0 Å². The molecule has 3 aromatic rings. The maximum atomic E-state index is 13.2. The molecule has 21 heavy (non-hydrogen) atoms. The maximum absolute atomic E-state index is 13.2. The van der Waals surface area contributed by atoms with Crippen LogP contribution in [0.1, 0.15) is 5.56 Å². The number of rotatable bonds is 3. The van der Waals surface area contributed by atoms with Crippen LogP contribution in [0.25, 0.3) is 10.9 Å². The Kier molecular flexibility index (Phi) is 3.35. The van der Waals surface area contributed by atoms with Crippen molar-refractivity contribution in [3.05, 3.63) is 75.2 Å². The molecule has 0 atom stereocenters. The molecule has 6 heteroatoms. The second-order valence-electron chi connectivity index (χ2n) is 4.68. The van der Waals surface area contributed by atoms with E-state index in [1.54, 1.807) is 12.1 Å². The topological polar surface area (TPSA) is 48.1 Å². The molecule has 0 unspecified atom stereocenters. The summed E-state index contributed by atoms with van der Waals surface area (Å²) in [5.74, 6) is -0.284. The molecule has 1 heterocycles. The summed E-state index contributed by atoms with van der Waals surface area (Å²) in [4.78, 5) is 10.2. The molecule has 0 aliphatic rings. The van der Waals surface area contributed by atoms with Crippen LogP contribution < -0.4 is 0 Å². The summed E-state index contributed by atoms with van der Waals surface area (Å²) in [6.45, 7) is 0.464. The van der Waals surface area contributed by atoms with Crippen LogP contribution in [0.3, 0.4) is 0 Å². The number of non-ortho nitro benzene ring substituents is 1. The van der Waals surface area contributed by atoms with Crippen LogP contribution in [0, 0.1) is 15.9 Å². The van der Waals surface area contributed by atoms with Gasteiger partial charge in [-0.15, -0.1) is 0 Å². The van der Waals surface area contributed by atoms with Gasteiger partial charge in [-0.3, -0.25) is 10.1 Å². The summed E-state index contributed by atoms with van der Waals surface area (Å²) in [6, 6.07) is 10.8. The SMILES string of the molecule is O=[N+]([O-])c1ccc(Cn2ccc3cc(F)ccc32)c(Cl)c1. The largest absolute Gasteiger partial charge is 0.343 e. The Labute approximate surface area is 124 Å². The third-order valence-corrected chi connectivity index (χ3v) is 3.67. The van der Waals surface area contributed by atoms with Gasteiger partial charge in [0.15, 0.2) is 0 Å². The van der Waals surface area contributed by atoms with Crippen LogP contribution >= 0.6 is 11.6 Å². The van der Waals surface area contributed by atoms with Gasteiger partial charge < -0.3 is 4.57 Å². The van der Waals surface area contributed by atoms with Gasteiger partial charge >= 0.3 is 0 Å². The number of nitrogens with zero attached hydrogens (tertiary/aromatic N) is 2. The lowest BCUT2D eigenvalue weighted by molar-refractivity contribution is -0.384.